The first-order valence-electron chi connectivity index (χ1n) is 6.07. The van der Waals surface area contributed by atoms with E-state index in [1.807, 2.05) is 24.3 Å². The molecule has 0 saturated carbocycles. The molecule has 21 heavy (non-hydrogen) atoms. The van der Waals surface area contributed by atoms with Crippen LogP contribution in [0.3, 0.4) is 0 Å². The number of benzene rings is 1. The molecule has 0 unspecified atom stereocenters. The Morgan fingerprint density at radius 3 is 2.86 bits per heavy atom. The van der Waals surface area contributed by atoms with Gasteiger partial charge in [0.1, 0.15) is 5.75 Å². The minimum Gasteiger partial charge on any atom is -0.497 e. The van der Waals surface area contributed by atoms with E-state index in [-0.39, 0.29) is 5.28 Å². The van der Waals surface area contributed by atoms with E-state index in [1.165, 1.54) is 11.3 Å². The smallest absolute Gasteiger partial charge is 0.222 e. The molecule has 3 aromatic rings. The van der Waals surface area contributed by atoms with Gasteiger partial charge in [-0.2, -0.15) is 0 Å². The Morgan fingerprint density at radius 1 is 1.24 bits per heavy atom. The van der Waals surface area contributed by atoms with Gasteiger partial charge in [-0.1, -0.05) is 23.5 Å². The number of nitrogens with two attached hydrogens (primary N) is 1. The van der Waals surface area contributed by atoms with Crippen LogP contribution >= 0.6 is 22.9 Å². The fourth-order valence-electron chi connectivity index (χ4n) is 1.94. The normalized spacial score (nSPS) is 10.6. The molecule has 0 amide bonds. The quantitative estimate of drug-likeness (QED) is 0.748. The zero-order valence-corrected chi connectivity index (χ0v) is 12.6. The molecule has 5 nitrogen and oxygen atoms in total. The van der Waals surface area contributed by atoms with Gasteiger partial charge in [0.15, 0.2) is 5.13 Å². The first-order valence-corrected chi connectivity index (χ1v) is 7.26. The Bertz CT molecular complexity index is 790. The predicted octanol–water partition coefficient (Wildman–Crippen LogP) is 3.51. The summed E-state index contributed by atoms with van der Waals surface area (Å²) in [6, 6.07) is 9.41. The monoisotopic (exact) mass is 318 g/mol. The number of nitrogens with zero attached hydrogens (tertiary/aromatic N) is 3. The fraction of sp³-hybridized carbons (Fsp3) is 0.0714. The third-order valence-corrected chi connectivity index (χ3v) is 3.93. The second-order valence-electron chi connectivity index (χ2n) is 4.17. The van der Waals surface area contributed by atoms with Crippen molar-refractivity contribution in [1.29, 1.82) is 0 Å². The van der Waals surface area contributed by atoms with Crippen LogP contribution < -0.4 is 10.5 Å². The van der Waals surface area contributed by atoms with Crippen molar-refractivity contribution in [3.8, 4) is 27.6 Å². The highest BCUT2D eigenvalue weighted by Gasteiger charge is 2.15. The lowest BCUT2D eigenvalue weighted by Crippen LogP contribution is -1.89. The fourth-order valence-corrected chi connectivity index (χ4v) is 2.91. The molecule has 3 rings (SSSR count). The zero-order chi connectivity index (χ0) is 14.8. The van der Waals surface area contributed by atoms with Gasteiger partial charge < -0.3 is 10.5 Å². The first kappa shape index (κ1) is 13.8. The maximum atomic E-state index is 5.86. The Labute approximate surface area is 130 Å². The third-order valence-electron chi connectivity index (χ3n) is 2.85. The van der Waals surface area contributed by atoms with Crippen molar-refractivity contribution < 1.29 is 4.74 Å². The number of ether oxygens (including phenoxy) is 1. The van der Waals surface area contributed by atoms with Crippen molar-refractivity contribution in [2.75, 3.05) is 12.8 Å². The maximum absolute atomic E-state index is 5.86. The highest BCUT2D eigenvalue weighted by atomic mass is 35.5. The summed E-state index contributed by atoms with van der Waals surface area (Å²) in [6.07, 6.45) is 1.61. The van der Waals surface area contributed by atoms with Gasteiger partial charge in [-0.15, -0.1) is 0 Å². The molecule has 0 aliphatic carbocycles. The van der Waals surface area contributed by atoms with Gasteiger partial charge in [-0.05, 0) is 29.8 Å². The van der Waals surface area contributed by atoms with Crippen LogP contribution in [0.2, 0.25) is 5.28 Å². The molecule has 1 aromatic carbocycles. The predicted molar refractivity (Wildman–Crippen MR) is 84.6 cm³/mol. The SMILES string of the molecule is COc1cccc(-c2nc(N)sc2-c2ccnc(Cl)n2)c1. The van der Waals surface area contributed by atoms with Crippen molar-refractivity contribution >= 4 is 28.1 Å². The lowest BCUT2D eigenvalue weighted by molar-refractivity contribution is 0.415. The molecule has 106 valence electrons. The summed E-state index contributed by atoms with van der Waals surface area (Å²) in [4.78, 5) is 13.4. The number of rotatable bonds is 3. The molecule has 0 radical (unpaired) electrons. The minimum absolute atomic E-state index is 0.191. The van der Waals surface area contributed by atoms with E-state index >= 15 is 0 Å². The average molecular weight is 319 g/mol. The number of thiazole rings is 1. The molecule has 0 aliphatic heterocycles. The van der Waals surface area contributed by atoms with Crippen LogP contribution in [-0.4, -0.2) is 22.1 Å². The molecule has 2 aromatic heterocycles. The molecule has 7 heteroatoms. The molecule has 0 atom stereocenters. The largest absolute Gasteiger partial charge is 0.497 e. The Morgan fingerprint density at radius 2 is 2.10 bits per heavy atom. The van der Waals surface area contributed by atoms with Gasteiger partial charge in [-0.25, -0.2) is 15.0 Å². The van der Waals surface area contributed by atoms with Crippen molar-refractivity contribution in [3.63, 3.8) is 0 Å². The number of nitrogen functional groups attached to an aromatic ring is 1. The molecule has 0 spiro atoms. The van der Waals surface area contributed by atoms with E-state index in [2.05, 4.69) is 15.0 Å². The van der Waals surface area contributed by atoms with Crippen molar-refractivity contribution in [2.45, 2.75) is 0 Å². The highest BCUT2D eigenvalue weighted by molar-refractivity contribution is 7.19. The first-order chi connectivity index (χ1) is 10.2. The maximum Gasteiger partial charge on any atom is 0.222 e. The number of halogens is 1. The Balaban J connectivity index is 2.15. The lowest BCUT2D eigenvalue weighted by Gasteiger charge is -2.04. The minimum atomic E-state index is 0.191. The molecule has 0 saturated heterocycles. The van der Waals surface area contributed by atoms with Crippen molar-refractivity contribution in [1.82, 2.24) is 15.0 Å². The summed E-state index contributed by atoms with van der Waals surface area (Å²) < 4.78 is 5.25. The van der Waals surface area contributed by atoms with E-state index in [4.69, 9.17) is 22.1 Å². The van der Waals surface area contributed by atoms with Crippen LogP contribution in [0.15, 0.2) is 36.5 Å². The second-order valence-corrected chi connectivity index (χ2v) is 5.54. The van der Waals surface area contributed by atoms with E-state index < -0.39 is 0 Å². The lowest BCUT2D eigenvalue weighted by atomic mass is 10.1. The number of aromatic nitrogens is 3. The highest BCUT2D eigenvalue weighted by Crippen LogP contribution is 2.38. The number of hydrogen-bond acceptors (Lipinski definition) is 6. The molecule has 0 bridgehead atoms. The summed E-state index contributed by atoms with van der Waals surface area (Å²) in [6.45, 7) is 0. The number of hydrogen-bond donors (Lipinski definition) is 1. The van der Waals surface area contributed by atoms with Gasteiger partial charge in [0.05, 0.1) is 23.4 Å². The summed E-state index contributed by atoms with van der Waals surface area (Å²) in [7, 11) is 1.62. The Kier molecular flexibility index (Phi) is 3.72. The standard InChI is InChI=1S/C14H11ClN4OS/c1-20-9-4-2-3-8(7-9)11-12(21-14(16)19-11)10-5-6-17-13(15)18-10/h2-7H,1H3,(H2,16,19). The van der Waals surface area contributed by atoms with Gasteiger partial charge in [0, 0.05) is 11.8 Å². The molecular weight excluding hydrogens is 308 g/mol. The van der Waals surface area contributed by atoms with E-state index in [9.17, 15) is 0 Å². The topological polar surface area (TPSA) is 73.9 Å². The average Bonchev–Trinajstić information content (AvgIpc) is 2.89. The van der Waals surface area contributed by atoms with Gasteiger partial charge in [-0.3, -0.25) is 0 Å². The molecule has 2 N–H and O–H groups in total. The van der Waals surface area contributed by atoms with Crippen LogP contribution in [0.5, 0.6) is 5.75 Å². The molecule has 0 aliphatic rings. The second kappa shape index (κ2) is 5.67. The molecular formula is C14H11ClN4OS. The van der Waals surface area contributed by atoms with Crippen LogP contribution in [0, 0.1) is 0 Å². The Hall–Kier alpha value is -2.18. The van der Waals surface area contributed by atoms with Gasteiger partial charge >= 0.3 is 0 Å². The molecule has 2 heterocycles. The van der Waals surface area contributed by atoms with Crippen LogP contribution in [-0.2, 0) is 0 Å². The van der Waals surface area contributed by atoms with Crippen LogP contribution in [0.1, 0.15) is 0 Å². The van der Waals surface area contributed by atoms with E-state index in [1.54, 1.807) is 19.4 Å². The van der Waals surface area contributed by atoms with Crippen molar-refractivity contribution in [3.05, 3.63) is 41.8 Å². The van der Waals surface area contributed by atoms with E-state index in [0.29, 0.717) is 10.8 Å². The van der Waals surface area contributed by atoms with Crippen molar-refractivity contribution in [2.24, 2.45) is 0 Å². The summed E-state index contributed by atoms with van der Waals surface area (Å²) in [5.41, 5.74) is 8.22. The zero-order valence-electron chi connectivity index (χ0n) is 11.1. The summed E-state index contributed by atoms with van der Waals surface area (Å²) in [5, 5.41) is 0.661. The third kappa shape index (κ3) is 2.81. The molecule has 0 fully saturated rings. The van der Waals surface area contributed by atoms with Crippen LogP contribution in [0.25, 0.3) is 21.8 Å². The number of methoxy groups -OCH3 is 1. The van der Waals surface area contributed by atoms with Gasteiger partial charge in [0.25, 0.3) is 0 Å². The number of anilines is 1. The summed E-state index contributed by atoms with van der Waals surface area (Å²) in [5.74, 6) is 0.755. The van der Waals surface area contributed by atoms with Gasteiger partial charge in [0.2, 0.25) is 5.28 Å². The van der Waals surface area contributed by atoms with Crippen LogP contribution in [0.4, 0.5) is 5.13 Å². The summed E-state index contributed by atoms with van der Waals surface area (Å²) >= 11 is 7.22. The van der Waals surface area contributed by atoms with E-state index in [0.717, 1.165) is 21.9 Å².